The lowest BCUT2D eigenvalue weighted by atomic mass is 9.93. The van der Waals surface area contributed by atoms with Crippen molar-refractivity contribution in [2.45, 2.75) is 110 Å². The fraction of sp³-hybridized carbons (Fsp3) is 0.600. The number of ketones is 1. The molecule has 1 aromatic carbocycles. The van der Waals surface area contributed by atoms with Crippen molar-refractivity contribution in [3.05, 3.63) is 47.7 Å². The van der Waals surface area contributed by atoms with Gasteiger partial charge in [-0.3, -0.25) is 24.0 Å². The molecule has 13 nitrogen and oxygen atoms in total. The van der Waals surface area contributed by atoms with Gasteiger partial charge < -0.3 is 35.3 Å². The summed E-state index contributed by atoms with van der Waals surface area (Å²) in [6.07, 6.45) is 1.36. The van der Waals surface area contributed by atoms with Crippen molar-refractivity contribution in [3.63, 3.8) is 0 Å². The Balaban J connectivity index is 1.67. The number of ether oxygens (including phenoxy) is 2. The summed E-state index contributed by atoms with van der Waals surface area (Å²) in [5.41, 5.74) is 0.230. The first kappa shape index (κ1) is 38.2. The number of carbonyl (C=O) groups excluding carboxylic acids is 5. The Bertz CT molecular complexity index is 1390. The van der Waals surface area contributed by atoms with Crippen LogP contribution in [-0.4, -0.2) is 77.6 Å². The van der Waals surface area contributed by atoms with E-state index in [2.05, 4.69) is 26.4 Å². The molecule has 1 fully saturated rings. The van der Waals surface area contributed by atoms with E-state index in [0.717, 1.165) is 5.56 Å². The van der Waals surface area contributed by atoms with E-state index in [-0.39, 0.29) is 49.6 Å². The number of hydrogen-bond donors (Lipinski definition) is 4. The van der Waals surface area contributed by atoms with E-state index in [1.54, 1.807) is 6.92 Å². The van der Waals surface area contributed by atoms with Gasteiger partial charge in [-0.1, -0.05) is 63.2 Å². The van der Waals surface area contributed by atoms with Crippen LogP contribution in [0.3, 0.4) is 0 Å². The van der Waals surface area contributed by atoms with Crippen LogP contribution >= 0.6 is 0 Å². The highest BCUT2D eigenvalue weighted by Crippen LogP contribution is 2.29. The molecule has 4 atom stereocenters. The summed E-state index contributed by atoms with van der Waals surface area (Å²) >= 11 is 0. The van der Waals surface area contributed by atoms with E-state index >= 15 is 0 Å². The number of benzene rings is 1. The van der Waals surface area contributed by atoms with Crippen molar-refractivity contribution in [2.75, 3.05) is 13.2 Å². The number of Topliss-reactive ketones (excluding diaryl/α,β-unsaturated/α-hetero) is 1. The maximum absolute atomic E-state index is 13.8. The van der Waals surface area contributed by atoms with Gasteiger partial charge in [0.25, 0.3) is 0 Å². The molecular weight excluding hydrogens is 618 g/mol. The van der Waals surface area contributed by atoms with E-state index in [1.807, 2.05) is 71.9 Å². The topological polar surface area (TPSA) is 181 Å². The zero-order valence-corrected chi connectivity index (χ0v) is 29.1. The Morgan fingerprint density at radius 3 is 2.10 bits per heavy atom. The van der Waals surface area contributed by atoms with Gasteiger partial charge in [-0.05, 0) is 57.4 Å². The van der Waals surface area contributed by atoms with Gasteiger partial charge in [0.05, 0.1) is 37.4 Å². The van der Waals surface area contributed by atoms with Crippen LogP contribution in [0.2, 0.25) is 0 Å². The van der Waals surface area contributed by atoms with Gasteiger partial charge >= 0.3 is 5.95 Å². The Labute approximate surface area is 282 Å². The van der Waals surface area contributed by atoms with Gasteiger partial charge in [-0.25, -0.2) is 0 Å². The summed E-state index contributed by atoms with van der Waals surface area (Å²) in [6.45, 7) is 13.2. The van der Waals surface area contributed by atoms with Crippen LogP contribution in [0, 0.1) is 11.8 Å². The standard InChI is InChI=1S/C35H51N5O8/c1-21(2)13-14-26(32(43)35(7)20-46-35)38-34(45)28(16-24-11-9-8-10-12-24)39-33(44)27(15-22(3)4)37-30(42)19-36-29(41)17-25-18-31(48-40-25)47-23(5)6/h8-12,18,21-23,26-28H,13-17,19-20H2,1-7H3,(H,36,41)(H,37,42)(H,38,45)(H,39,44). The predicted octanol–water partition coefficient (Wildman–Crippen LogP) is 2.66. The fourth-order valence-corrected chi connectivity index (χ4v) is 5.01. The van der Waals surface area contributed by atoms with E-state index in [1.165, 1.54) is 6.07 Å². The van der Waals surface area contributed by atoms with Crippen molar-refractivity contribution < 1.29 is 38.0 Å². The quantitative estimate of drug-likeness (QED) is 0.154. The van der Waals surface area contributed by atoms with Gasteiger partial charge in [0.15, 0.2) is 5.78 Å². The summed E-state index contributed by atoms with van der Waals surface area (Å²) in [7, 11) is 0. The van der Waals surface area contributed by atoms with E-state index < -0.39 is 47.4 Å². The third-order valence-electron chi connectivity index (χ3n) is 7.72. The minimum atomic E-state index is -1.03. The van der Waals surface area contributed by atoms with Gasteiger partial charge in [0.1, 0.15) is 17.7 Å². The highest BCUT2D eigenvalue weighted by Gasteiger charge is 2.50. The molecule has 2 heterocycles. The average molecular weight is 670 g/mol. The number of hydrogen-bond acceptors (Lipinski definition) is 9. The molecule has 4 N–H and O–H groups in total. The minimum absolute atomic E-state index is 0.0174. The second-order valence-electron chi connectivity index (χ2n) is 13.7. The zero-order chi connectivity index (χ0) is 35.4. The Kier molecular flexibility index (Phi) is 14.1. The Morgan fingerprint density at radius 1 is 0.854 bits per heavy atom. The normalized spacial score (nSPS) is 17.4. The Hall–Kier alpha value is -4.26. The molecule has 13 heteroatoms. The number of aromatic nitrogens is 1. The van der Waals surface area contributed by atoms with Crippen molar-refractivity contribution in [2.24, 2.45) is 11.8 Å². The van der Waals surface area contributed by atoms with E-state index in [4.69, 9.17) is 14.0 Å². The van der Waals surface area contributed by atoms with Gasteiger partial charge in [-0.2, -0.15) is 0 Å². The first-order valence-corrected chi connectivity index (χ1v) is 16.7. The zero-order valence-electron chi connectivity index (χ0n) is 29.1. The van der Waals surface area contributed by atoms with Crippen molar-refractivity contribution in [3.8, 4) is 5.95 Å². The number of epoxide rings is 1. The van der Waals surface area contributed by atoms with Gasteiger partial charge in [0, 0.05) is 12.5 Å². The molecule has 2 aromatic rings. The number of rotatable bonds is 20. The van der Waals surface area contributed by atoms with Crippen molar-refractivity contribution in [1.29, 1.82) is 0 Å². The van der Waals surface area contributed by atoms with Crippen LogP contribution in [0.25, 0.3) is 0 Å². The lowest BCUT2D eigenvalue weighted by Gasteiger charge is -2.27. The number of carbonyl (C=O) groups is 5. The lowest BCUT2D eigenvalue weighted by molar-refractivity contribution is -0.134. The predicted molar refractivity (Wildman–Crippen MR) is 178 cm³/mol. The molecule has 1 aromatic heterocycles. The fourth-order valence-electron chi connectivity index (χ4n) is 5.01. The van der Waals surface area contributed by atoms with Gasteiger partial charge in [0.2, 0.25) is 23.6 Å². The molecule has 0 saturated carbocycles. The first-order valence-electron chi connectivity index (χ1n) is 16.7. The minimum Gasteiger partial charge on any atom is -0.461 e. The second kappa shape index (κ2) is 17.8. The monoisotopic (exact) mass is 669 g/mol. The molecule has 1 aliphatic heterocycles. The number of nitrogens with one attached hydrogen (secondary N) is 4. The summed E-state index contributed by atoms with van der Waals surface area (Å²) in [5, 5.41) is 14.7. The van der Waals surface area contributed by atoms with Crippen LogP contribution in [0.15, 0.2) is 40.9 Å². The lowest BCUT2D eigenvalue weighted by Crippen LogP contribution is -2.58. The molecule has 1 aliphatic rings. The molecule has 0 aliphatic carbocycles. The summed E-state index contributed by atoms with van der Waals surface area (Å²) < 4.78 is 15.8. The maximum Gasteiger partial charge on any atom is 0.311 e. The largest absolute Gasteiger partial charge is 0.461 e. The highest BCUT2D eigenvalue weighted by atomic mass is 16.6. The first-order chi connectivity index (χ1) is 22.6. The highest BCUT2D eigenvalue weighted by molar-refractivity contribution is 5.98. The average Bonchev–Trinajstić information content (AvgIpc) is 3.63. The molecule has 0 spiro atoms. The number of amides is 4. The molecule has 264 valence electrons. The number of nitrogens with zero attached hydrogens (tertiary/aromatic N) is 1. The third-order valence-corrected chi connectivity index (χ3v) is 7.72. The molecule has 3 rings (SSSR count). The van der Waals surface area contributed by atoms with Crippen molar-refractivity contribution >= 4 is 29.4 Å². The summed E-state index contributed by atoms with van der Waals surface area (Å²) in [6, 6.07) is 7.94. The summed E-state index contributed by atoms with van der Waals surface area (Å²) in [5.74, 6) is -1.77. The molecule has 0 radical (unpaired) electrons. The Morgan fingerprint density at radius 2 is 1.50 bits per heavy atom. The van der Waals surface area contributed by atoms with Crippen LogP contribution in [0.5, 0.6) is 5.95 Å². The second-order valence-corrected chi connectivity index (χ2v) is 13.7. The van der Waals surface area contributed by atoms with Crippen molar-refractivity contribution in [1.82, 2.24) is 26.4 Å². The molecule has 0 bridgehead atoms. The summed E-state index contributed by atoms with van der Waals surface area (Å²) in [4.78, 5) is 66.0. The van der Waals surface area contributed by atoms with E-state index in [9.17, 15) is 24.0 Å². The molecule has 1 saturated heterocycles. The maximum atomic E-state index is 13.8. The van der Waals surface area contributed by atoms with Crippen LogP contribution in [-0.2, 0) is 41.6 Å². The third kappa shape index (κ3) is 12.7. The molecule has 4 unspecified atom stereocenters. The van der Waals surface area contributed by atoms with Crippen LogP contribution in [0.1, 0.15) is 79.0 Å². The van der Waals surface area contributed by atoms with Crippen LogP contribution in [0.4, 0.5) is 0 Å². The van der Waals surface area contributed by atoms with E-state index in [0.29, 0.717) is 31.1 Å². The molecular formula is C35H51N5O8. The molecule has 48 heavy (non-hydrogen) atoms. The SMILES string of the molecule is CC(C)CCC(NC(=O)C(Cc1ccccc1)NC(=O)C(CC(C)C)NC(=O)CNC(=O)Cc1cc(OC(C)C)on1)C(=O)C1(C)CO1. The van der Waals surface area contributed by atoms with Gasteiger partial charge in [-0.15, -0.1) is 0 Å². The molecule has 4 amide bonds. The van der Waals surface area contributed by atoms with Crippen LogP contribution < -0.4 is 26.0 Å². The smallest absolute Gasteiger partial charge is 0.311 e.